The van der Waals surface area contributed by atoms with Crippen molar-refractivity contribution in [1.29, 1.82) is 0 Å². The van der Waals surface area contributed by atoms with Gasteiger partial charge in [0.05, 0.1) is 6.26 Å². The lowest BCUT2D eigenvalue weighted by Gasteiger charge is -2.09. The van der Waals surface area contributed by atoms with Gasteiger partial charge in [0.25, 0.3) is 17.7 Å². The summed E-state index contributed by atoms with van der Waals surface area (Å²) in [4.78, 5) is 41.2. The number of rotatable bonds is 6. The zero-order chi connectivity index (χ0) is 21.6. The molecule has 0 saturated heterocycles. The third-order valence-electron chi connectivity index (χ3n) is 4.16. The first kappa shape index (κ1) is 20.0. The predicted molar refractivity (Wildman–Crippen MR) is 118 cm³/mol. The molecule has 3 N–H and O–H groups in total. The lowest BCUT2D eigenvalue weighted by atomic mass is 10.1. The molecule has 154 valence electrons. The van der Waals surface area contributed by atoms with Crippen molar-refractivity contribution in [2.24, 2.45) is 0 Å². The first-order valence-corrected chi connectivity index (χ1v) is 10.0. The summed E-state index contributed by atoms with van der Waals surface area (Å²) in [5, 5.41) is 10.4. The molecule has 4 aromatic rings. The molecule has 0 aliphatic carbocycles. The molecule has 0 radical (unpaired) electrons. The molecule has 0 aliphatic rings. The number of thiazole rings is 1. The molecule has 0 unspecified atom stereocenters. The van der Waals surface area contributed by atoms with E-state index < -0.39 is 5.91 Å². The van der Waals surface area contributed by atoms with E-state index in [1.54, 1.807) is 72.2 Å². The van der Waals surface area contributed by atoms with Crippen molar-refractivity contribution in [3.8, 4) is 0 Å². The van der Waals surface area contributed by atoms with Crippen LogP contribution in [0.15, 0.2) is 82.9 Å². The molecule has 2 aromatic heterocycles. The minimum Gasteiger partial charge on any atom is -0.459 e. The molecule has 3 amide bonds. The summed E-state index contributed by atoms with van der Waals surface area (Å²) < 4.78 is 5.06. The van der Waals surface area contributed by atoms with Gasteiger partial charge < -0.3 is 15.1 Å². The minimum absolute atomic E-state index is 0.169. The Kier molecular flexibility index (Phi) is 5.86. The molecule has 8 nitrogen and oxygen atoms in total. The van der Waals surface area contributed by atoms with Crippen molar-refractivity contribution in [3.05, 3.63) is 95.4 Å². The van der Waals surface area contributed by atoms with Crippen molar-refractivity contribution in [1.82, 2.24) is 4.98 Å². The second kappa shape index (κ2) is 9.06. The molecule has 2 heterocycles. The molecular formula is C22H16N4O4S. The van der Waals surface area contributed by atoms with E-state index in [2.05, 4.69) is 20.9 Å². The van der Waals surface area contributed by atoms with E-state index in [1.165, 1.54) is 17.6 Å². The van der Waals surface area contributed by atoms with E-state index in [0.717, 1.165) is 0 Å². The number of amides is 3. The summed E-state index contributed by atoms with van der Waals surface area (Å²) in [6, 6.07) is 16.2. The minimum atomic E-state index is -0.415. The van der Waals surface area contributed by atoms with Crippen molar-refractivity contribution in [2.75, 3.05) is 16.0 Å². The number of anilines is 3. The van der Waals surface area contributed by atoms with Crippen LogP contribution < -0.4 is 16.0 Å². The monoisotopic (exact) mass is 432 g/mol. The largest absolute Gasteiger partial charge is 0.459 e. The summed E-state index contributed by atoms with van der Waals surface area (Å²) in [7, 11) is 0. The fourth-order valence-electron chi connectivity index (χ4n) is 2.73. The van der Waals surface area contributed by atoms with Gasteiger partial charge in [0, 0.05) is 34.1 Å². The summed E-state index contributed by atoms with van der Waals surface area (Å²) >= 11 is 1.31. The normalized spacial score (nSPS) is 10.3. The fourth-order valence-corrected chi connectivity index (χ4v) is 3.26. The molecule has 0 fully saturated rings. The van der Waals surface area contributed by atoms with Crippen LogP contribution in [0, 0.1) is 0 Å². The topological polar surface area (TPSA) is 113 Å². The Bertz CT molecular complexity index is 1220. The van der Waals surface area contributed by atoms with Crippen LogP contribution in [0.4, 0.5) is 16.5 Å². The average molecular weight is 432 g/mol. The van der Waals surface area contributed by atoms with Gasteiger partial charge in [-0.15, -0.1) is 11.3 Å². The highest BCUT2D eigenvalue weighted by atomic mass is 32.1. The van der Waals surface area contributed by atoms with Crippen LogP contribution >= 0.6 is 11.3 Å². The van der Waals surface area contributed by atoms with Gasteiger partial charge in [0.15, 0.2) is 10.9 Å². The van der Waals surface area contributed by atoms with E-state index in [-0.39, 0.29) is 17.6 Å². The SMILES string of the molecule is O=C(Nc1cccc(C(=O)Nc2nccs2)c1)c1cccc(NC(=O)c2ccco2)c1. The third kappa shape index (κ3) is 5.03. The van der Waals surface area contributed by atoms with E-state index in [9.17, 15) is 14.4 Å². The van der Waals surface area contributed by atoms with Gasteiger partial charge in [-0.3, -0.25) is 19.7 Å². The Morgan fingerprint density at radius 1 is 0.774 bits per heavy atom. The van der Waals surface area contributed by atoms with Gasteiger partial charge in [-0.2, -0.15) is 0 Å². The number of aromatic nitrogens is 1. The summed E-state index contributed by atoms with van der Waals surface area (Å²) in [5.41, 5.74) is 1.63. The van der Waals surface area contributed by atoms with Crippen molar-refractivity contribution in [2.45, 2.75) is 0 Å². The number of nitrogens with zero attached hydrogens (tertiary/aromatic N) is 1. The Morgan fingerprint density at radius 3 is 2.00 bits per heavy atom. The molecule has 31 heavy (non-hydrogen) atoms. The Labute approximate surface area is 180 Å². The van der Waals surface area contributed by atoms with Gasteiger partial charge in [0.1, 0.15) is 0 Å². The number of carbonyl (C=O) groups excluding carboxylic acids is 3. The van der Waals surface area contributed by atoms with Crippen LogP contribution in [0.5, 0.6) is 0 Å². The molecule has 0 atom stereocenters. The van der Waals surface area contributed by atoms with Gasteiger partial charge >= 0.3 is 0 Å². The summed E-state index contributed by atoms with van der Waals surface area (Å²) in [5.74, 6) is -0.954. The molecule has 9 heteroatoms. The predicted octanol–water partition coefficient (Wildman–Crippen LogP) is 4.49. The number of hydrogen-bond acceptors (Lipinski definition) is 6. The molecule has 0 bridgehead atoms. The lowest BCUT2D eigenvalue weighted by molar-refractivity contribution is 0.0992. The number of furan rings is 1. The molecule has 4 rings (SSSR count). The first-order valence-electron chi connectivity index (χ1n) is 9.16. The standard InChI is InChI=1S/C22H16N4O4S/c27-19(14-4-1-7-17(12-14)25-21(29)18-8-3-10-30-18)24-16-6-2-5-15(13-16)20(28)26-22-23-9-11-31-22/h1-13H,(H,24,27)(H,25,29)(H,23,26,28). The van der Waals surface area contributed by atoms with Crippen LogP contribution in [-0.4, -0.2) is 22.7 Å². The highest BCUT2D eigenvalue weighted by Crippen LogP contribution is 2.18. The molecule has 0 spiro atoms. The maximum Gasteiger partial charge on any atom is 0.291 e. The zero-order valence-electron chi connectivity index (χ0n) is 16.0. The molecule has 2 aromatic carbocycles. The Hall–Kier alpha value is -4.24. The highest BCUT2D eigenvalue weighted by molar-refractivity contribution is 7.13. The van der Waals surface area contributed by atoms with Crippen molar-refractivity contribution in [3.63, 3.8) is 0 Å². The van der Waals surface area contributed by atoms with Crippen molar-refractivity contribution < 1.29 is 18.8 Å². The van der Waals surface area contributed by atoms with E-state index in [1.807, 2.05) is 0 Å². The molecule has 0 aliphatic heterocycles. The summed E-state index contributed by atoms with van der Waals surface area (Å²) in [6.45, 7) is 0. The second-order valence-corrected chi connectivity index (χ2v) is 7.23. The highest BCUT2D eigenvalue weighted by Gasteiger charge is 2.13. The van der Waals surface area contributed by atoms with Gasteiger partial charge in [-0.25, -0.2) is 4.98 Å². The smallest absolute Gasteiger partial charge is 0.291 e. The van der Waals surface area contributed by atoms with E-state index in [4.69, 9.17) is 4.42 Å². The maximum atomic E-state index is 12.7. The molecule has 0 saturated carbocycles. The van der Waals surface area contributed by atoms with Gasteiger partial charge in [-0.1, -0.05) is 12.1 Å². The van der Waals surface area contributed by atoms with Gasteiger partial charge in [-0.05, 0) is 48.5 Å². The van der Waals surface area contributed by atoms with Crippen LogP contribution in [0.2, 0.25) is 0 Å². The molecular weight excluding hydrogens is 416 g/mol. The van der Waals surface area contributed by atoms with Gasteiger partial charge in [0.2, 0.25) is 0 Å². The van der Waals surface area contributed by atoms with Crippen LogP contribution in [0.1, 0.15) is 31.3 Å². The lowest BCUT2D eigenvalue weighted by Crippen LogP contribution is -2.15. The Balaban J connectivity index is 1.43. The first-order chi connectivity index (χ1) is 15.1. The van der Waals surface area contributed by atoms with E-state index in [0.29, 0.717) is 27.6 Å². The van der Waals surface area contributed by atoms with Crippen molar-refractivity contribution >= 4 is 45.6 Å². The Morgan fingerprint density at radius 2 is 1.42 bits per heavy atom. The summed E-state index contributed by atoms with van der Waals surface area (Å²) in [6.07, 6.45) is 3.01. The maximum absolute atomic E-state index is 12.7. The zero-order valence-corrected chi connectivity index (χ0v) is 16.8. The van der Waals surface area contributed by atoms with Crippen LogP contribution in [0.25, 0.3) is 0 Å². The number of benzene rings is 2. The quantitative estimate of drug-likeness (QED) is 0.415. The van der Waals surface area contributed by atoms with E-state index >= 15 is 0 Å². The van der Waals surface area contributed by atoms with Crippen LogP contribution in [0.3, 0.4) is 0 Å². The number of carbonyl (C=O) groups is 3. The second-order valence-electron chi connectivity index (χ2n) is 6.34. The average Bonchev–Trinajstić information content (AvgIpc) is 3.48. The fraction of sp³-hybridized carbons (Fsp3) is 0. The number of nitrogens with one attached hydrogen (secondary N) is 3. The number of hydrogen-bond donors (Lipinski definition) is 3. The van der Waals surface area contributed by atoms with Crippen LogP contribution in [-0.2, 0) is 0 Å². The third-order valence-corrected chi connectivity index (χ3v) is 4.85.